The molecule has 0 spiro atoms. The summed E-state index contributed by atoms with van der Waals surface area (Å²) >= 11 is 0. The zero-order valence-electron chi connectivity index (χ0n) is 19.1. The minimum Gasteiger partial charge on any atom is -0.357 e. The summed E-state index contributed by atoms with van der Waals surface area (Å²) in [6, 6.07) is 12.3. The molecule has 9 heteroatoms. The van der Waals surface area contributed by atoms with Crippen molar-refractivity contribution < 1.29 is 8.42 Å². The van der Waals surface area contributed by atoms with Crippen LogP contribution in [-0.4, -0.2) is 62.3 Å². The zero-order valence-corrected chi connectivity index (χ0v) is 22.2. The van der Waals surface area contributed by atoms with Crippen molar-refractivity contribution in [2.75, 3.05) is 19.3 Å². The number of guanidine groups is 1. The predicted octanol–water partition coefficient (Wildman–Crippen LogP) is 2.68. The van der Waals surface area contributed by atoms with E-state index in [2.05, 4.69) is 55.6 Å². The van der Waals surface area contributed by atoms with Gasteiger partial charge < -0.3 is 10.6 Å². The van der Waals surface area contributed by atoms with Gasteiger partial charge in [-0.15, -0.1) is 24.0 Å². The number of benzene rings is 1. The standard InChI is InChI=1S/C22H37N5O2S.HI/c1-5-23-21(24-16-22(2,3)26-30(4,28)29)25-18-13-19-11-12-20(14-18)27(19)15-17-9-7-6-8-10-17;/h6-10,18-20,26H,5,11-16H2,1-4H3,(H2,23,24,25);1H. The monoisotopic (exact) mass is 563 g/mol. The van der Waals surface area contributed by atoms with Crippen LogP contribution in [0, 0.1) is 0 Å². The first-order chi connectivity index (χ1) is 14.1. The van der Waals surface area contributed by atoms with E-state index in [1.165, 1.54) is 24.7 Å². The molecule has 2 atom stereocenters. The van der Waals surface area contributed by atoms with Gasteiger partial charge >= 0.3 is 0 Å². The zero-order chi connectivity index (χ0) is 21.8. The lowest BCUT2D eigenvalue weighted by Gasteiger charge is -2.39. The Morgan fingerprint density at radius 2 is 1.77 bits per heavy atom. The van der Waals surface area contributed by atoms with Crippen molar-refractivity contribution in [3.8, 4) is 0 Å². The number of rotatable bonds is 8. The molecule has 2 bridgehead atoms. The largest absolute Gasteiger partial charge is 0.357 e. The molecule has 0 amide bonds. The third-order valence-corrected chi connectivity index (χ3v) is 6.79. The lowest BCUT2D eigenvalue weighted by Crippen LogP contribution is -2.53. The number of piperidine rings is 1. The molecule has 7 nitrogen and oxygen atoms in total. The van der Waals surface area contributed by atoms with Crippen molar-refractivity contribution in [2.45, 2.75) is 76.7 Å². The number of nitrogens with zero attached hydrogens (tertiary/aromatic N) is 2. The Hall–Kier alpha value is -0.910. The van der Waals surface area contributed by atoms with Gasteiger partial charge in [-0.3, -0.25) is 9.89 Å². The van der Waals surface area contributed by atoms with Crippen molar-refractivity contribution in [1.82, 2.24) is 20.3 Å². The Morgan fingerprint density at radius 1 is 1.16 bits per heavy atom. The van der Waals surface area contributed by atoms with E-state index in [0.717, 1.165) is 31.9 Å². The van der Waals surface area contributed by atoms with Crippen molar-refractivity contribution in [1.29, 1.82) is 0 Å². The van der Waals surface area contributed by atoms with E-state index in [1.54, 1.807) is 0 Å². The summed E-state index contributed by atoms with van der Waals surface area (Å²) in [6.45, 7) is 7.92. The average molecular weight is 564 g/mol. The van der Waals surface area contributed by atoms with E-state index in [-0.39, 0.29) is 24.0 Å². The summed E-state index contributed by atoms with van der Waals surface area (Å²) in [4.78, 5) is 7.35. The fraction of sp³-hybridized carbons (Fsp3) is 0.682. The molecule has 2 aliphatic heterocycles. The van der Waals surface area contributed by atoms with Crippen molar-refractivity contribution in [3.05, 3.63) is 35.9 Å². The second-order valence-corrected chi connectivity index (χ2v) is 11.1. The van der Waals surface area contributed by atoms with Gasteiger partial charge in [-0.1, -0.05) is 30.3 Å². The second-order valence-electron chi connectivity index (χ2n) is 9.31. The summed E-state index contributed by atoms with van der Waals surface area (Å²) < 4.78 is 25.8. The van der Waals surface area contributed by atoms with Crippen molar-refractivity contribution in [3.63, 3.8) is 0 Å². The van der Waals surface area contributed by atoms with Gasteiger partial charge in [-0.2, -0.15) is 0 Å². The first kappa shape index (κ1) is 26.3. The normalized spacial score (nSPS) is 24.5. The topological polar surface area (TPSA) is 85.8 Å². The van der Waals surface area contributed by atoms with E-state index in [1.807, 2.05) is 20.8 Å². The minimum absolute atomic E-state index is 0. The SMILES string of the molecule is CCNC(=NCC(C)(C)NS(C)(=O)=O)NC1CC2CCC(C1)N2Cc1ccccc1.I. The van der Waals surface area contributed by atoms with E-state index >= 15 is 0 Å². The van der Waals surface area contributed by atoms with Gasteiger partial charge in [0.1, 0.15) is 0 Å². The first-order valence-electron chi connectivity index (χ1n) is 11.0. The highest BCUT2D eigenvalue weighted by Crippen LogP contribution is 2.36. The van der Waals surface area contributed by atoms with Crippen LogP contribution in [-0.2, 0) is 16.6 Å². The predicted molar refractivity (Wildman–Crippen MR) is 138 cm³/mol. The molecular formula is C22H38IN5O2S. The van der Waals surface area contributed by atoms with Gasteiger partial charge in [0.15, 0.2) is 5.96 Å². The van der Waals surface area contributed by atoms with Gasteiger partial charge in [-0.25, -0.2) is 13.1 Å². The molecule has 2 unspecified atom stereocenters. The first-order valence-corrected chi connectivity index (χ1v) is 12.9. The number of aliphatic imine (C=N–C) groups is 1. The maximum atomic E-state index is 11.6. The van der Waals surface area contributed by atoms with Crippen LogP contribution in [0.3, 0.4) is 0 Å². The highest BCUT2D eigenvalue weighted by atomic mass is 127. The maximum absolute atomic E-state index is 11.6. The molecular weight excluding hydrogens is 525 g/mol. The van der Waals surface area contributed by atoms with E-state index < -0.39 is 15.6 Å². The van der Waals surface area contributed by atoms with Crippen LogP contribution in [0.25, 0.3) is 0 Å². The number of fused-ring (bicyclic) bond motifs is 2. The summed E-state index contributed by atoms with van der Waals surface area (Å²) in [7, 11) is -3.27. The molecule has 2 aliphatic rings. The third kappa shape index (κ3) is 8.18. The number of hydrogen-bond acceptors (Lipinski definition) is 4. The molecule has 0 aliphatic carbocycles. The molecule has 176 valence electrons. The van der Waals surface area contributed by atoms with Gasteiger partial charge in [0.25, 0.3) is 0 Å². The molecule has 3 rings (SSSR count). The molecule has 0 radical (unpaired) electrons. The smallest absolute Gasteiger partial charge is 0.209 e. The Balaban J connectivity index is 0.00000341. The molecule has 2 heterocycles. The molecule has 0 aromatic heterocycles. The van der Waals surface area contributed by atoms with E-state index in [0.29, 0.717) is 24.7 Å². The van der Waals surface area contributed by atoms with E-state index in [9.17, 15) is 8.42 Å². The van der Waals surface area contributed by atoms with Gasteiger partial charge in [0.2, 0.25) is 10.0 Å². The Labute approximate surface area is 204 Å². The number of sulfonamides is 1. The molecule has 31 heavy (non-hydrogen) atoms. The van der Waals surface area contributed by atoms with Crippen LogP contribution >= 0.6 is 24.0 Å². The molecule has 1 aromatic rings. The quantitative estimate of drug-likeness (QED) is 0.257. The Kier molecular flexibility index (Phi) is 9.59. The van der Waals surface area contributed by atoms with Crippen LogP contribution in [0.4, 0.5) is 0 Å². The summed E-state index contributed by atoms with van der Waals surface area (Å²) in [5.74, 6) is 0.766. The highest BCUT2D eigenvalue weighted by molar-refractivity contribution is 14.0. The molecule has 3 N–H and O–H groups in total. The second kappa shape index (κ2) is 11.3. The lowest BCUT2D eigenvalue weighted by atomic mass is 9.96. The Morgan fingerprint density at radius 3 is 2.32 bits per heavy atom. The summed E-state index contributed by atoms with van der Waals surface area (Å²) in [5.41, 5.74) is 0.755. The fourth-order valence-corrected chi connectivity index (χ4v) is 5.84. The number of hydrogen-bond donors (Lipinski definition) is 3. The van der Waals surface area contributed by atoms with Crippen LogP contribution in [0.2, 0.25) is 0 Å². The van der Waals surface area contributed by atoms with Crippen molar-refractivity contribution in [2.24, 2.45) is 4.99 Å². The lowest BCUT2D eigenvalue weighted by molar-refractivity contribution is 0.114. The van der Waals surface area contributed by atoms with E-state index in [4.69, 9.17) is 0 Å². The van der Waals surface area contributed by atoms with Crippen LogP contribution < -0.4 is 15.4 Å². The molecule has 0 saturated carbocycles. The number of nitrogens with one attached hydrogen (secondary N) is 3. The molecule has 2 fully saturated rings. The minimum atomic E-state index is -3.27. The van der Waals surface area contributed by atoms with Crippen molar-refractivity contribution >= 4 is 40.0 Å². The van der Waals surface area contributed by atoms with Gasteiger partial charge in [-0.05, 0) is 52.0 Å². The van der Waals surface area contributed by atoms with Crippen LogP contribution in [0.1, 0.15) is 52.0 Å². The Bertz CT molecular complexity index is 818. The van der Waals surface area contributed by atoms with Crippen LogP contribution in [0.15, 0.2) is 35.3 Å². The van der Waals surface area contributed by atoms with Crippen LogP contribution in [0.5, 0.6) is 0 Å². The highest BCUT2D eigenvalue weighted by Gasteiger charge is 2.40. The molecule has 1 aromatic carbocycles. The fourth-order valence-electron chi connectivity index (χ4n) is 4.77. The maximum Gasteiger partial charge on any atom is 0.209 e. The molecule has 2 saturated heterocycles. The number of halogens is 1. The summed E-state index contributed by atoms with van der Waals surface area (Å²) in [5, 5.41) is 6.93. The summed E-state index contributed by atoms with van der Waals surface area (Å²) in [6.07, 6.45) is 5.92. The van der Waals surface area contributed by atoms with Gasteiger partial charge in [0.05, 0.1) is 12.8 Å². The third-order valence-electron chi connectivity index (χ3n) is 5.87. The van der Waals surface area contributed by atoms with Gasteiger partial charge in [0, 0.05) is 36.8 Å². The average Bonchev–Trinajstić information content (AvgIpc) is 2.88.